The largest absolute Gasteiger partial charge is 0.309 e. The first-order valence-electron chi connectivity index (χ1n) is 4.47. The van der Waals surface area contributed by atoms with Gasteiger partial charge in [0, 0.05) is 6.07 Å². The van der Waals surface area contributed by atoms with E-state index in [2.05, 4.69) is 10.3 Å². The lowest BCUT2D eigenvalue weighted by molar-refractivity contribution is -0.387. The van der Waals surface area contributed by atoms with E-state index in [1.54, 1.807) is 0 Å². The molecule has 8 heteroatoms. The molecule has 17 heavy (non-hydrogen) atoms. The third-order valence-corrected chi connectivity index (χ3v) is 2.14. The number of nitrogens with one attached hydrogen (secondary N) is 1. The number of hydrogen-bond acceptors (Lipinski definition) is 4. The maximum atomic E-state index is 13.6. The Labute approximate surface area is 93.1 Å². The first-order chi connectivity index (χ1) is 8.00. The molecule has 0 atom stereocenters. The van der Waals surface area contributed by atoms with Crippen molar-refractivity contribution >= 4 is 17.4 Å². The van der Waals surface area contributed by atoms with Gasteiger partial charge in [0.1, 0.15) is 18.2 Å². The number of nitrogens with zero attached hydrogens (tertiary/aromatic N) is 2. The summed E-state index contributed by atoms with van der Waals surface area (Å²) in [6, 6.07) is 1.47. The Morgan fingerprint density at radius 3 is 2.65 bits per heavy atom. The molecule has 6 nitrogen and oxygen atoms in total. The van der Waals surface area contributed by atoms with Crippen molar-refractivity contribution in [1.29, 1.82) is 0 Å². The van der Waals surface area contributed by atoms with Crippen LogP contribution in [-0.4, -0.2) is 23.2 Å². The fraction of sp³-hybridized carbons (Fsp3) is 0.111. The van der Waals surface area contributed by atoms with E-state index in [1.165, 1.54) is 0 Å². The van der Waals surface area contributed by atoms with Crippen LogP contribution in [0.1, 0.15) is 5.56 Å². The summed E-state index contributed by atoms with van der Waals surface area (Å²) >= 11 is 0. The lowest BCUT2D eigenvalue weighted by atomic mass is 10.1. The lowest BCUT2D eigenvalue weighted by Crippen LogP contribution is -2.27. The van der Waals surface area contributed by atoms with Gasteiger partial charge in [-0.05, 0) is 6.07 Å². The van der Waals surface area contributed by atoms with Crippen molar-refractivity contribution in [3.63, 3.8) is 0 Å². The van der Waals surface area contributed by atoms with Crippen LogP contribution in [0.3, 0.4) is 0 Å². The van der Waals surface area contributed by atoms with Crippen molar-refractivity contribution in [2.75, 3.05) is 6.54 Å². The van der Waals surface area contributed by atoms with E-state index >= 15 is 0 Å². The summed E-state index contributed by atoms with van der Waals surface area (Å²) in [4.78, 5) is 23.9. The zero-order chi connectivity index (χ0) is 12.6. The van der Waals surface area contributed by atoms with Crippen LogP contribution in [0, 0.1) is 21.7 Å². The van der Waals surface area contributed by atoms with E-state index in [4.69, 9.17) is 0 Å². The fourth-order valence-corrected chi connectivity index (χ4v) is 1.40. The molecule has 0 unspecified atom stereocenters. The highest BCUT2D eigenvalue weighted by atomic mass is 19.1. The molecule has 1 aromatic carbocycles. The van der Waals surface area contributed by atoms with Crippen molar-refractivity contribution in [3.05, 3.63) is 39.4 Å². The Morgan fingerprint density at radius 2 is 2.12 bits per heavy atom. The van der Waals surface area contributed by atoms with E-state index < -0.39 is 33.7 Å². The van der Waals surface area contributed by atoms with Gasteiger partial charge in [-0.15, -0.1) is 0 Å². The Kier molecular flexibility index (Phi) is 2.54. The van der Waals surface area contributed by atoms with Crippen molar-refractivity contribution in [1.82, 2.24) is 5.32 Å². The molecule has 1 heterocycles. The minimum absolute atomic E-state index is 0.253. The number of benzene rings is 1. The number of aliphatic imine (C=N–C) groups is 1. The van der Waals surface area contributed by atoms with Gasteiger partial charge in [-0.2, -0.15) is 4.39 Å². The normalized spacial score (nSPS) is 14.5. The van der Waals surface area contributed by atoms with E-state index in [-0.39, 0.29) is 12.4 Å². The number of hydrogen-bond donors (Lipinski definition) is 1. The molecule has 2 rings (SSSR count). The second-order valence-electron chi connectivity index (χ2n) is 3.23. The quantitative estimate of drug-likeness (QED) is 0.612. The molecule has 88 valence electrons. The van der Waals surface area contributed by atoms with Crippen LogP contribution < -0.4 is 5.32 Å². The summed E-state index contributed by atoms with van der Waals surface area (Å²) in [7, 11) is 0. The van der Waals surface area contributed by atoms with Crippen molar-refractivity contribution < 1.29 is 18.5 Å². The summed E-state index contributed by atoms with van der Waals surface area (Å²) in [5.74, 6) is -3.22. The van der Waals surface area contributed by atoms with Gasteiger partial charge in [-0.3, -0.25) is 19.9 Å². The maximum absolute atomic E-state index is 13.6. The number of carbonyl (C=O) groups is 1. The van der Waals surface area contributed by atoms with Crippen LogP contribution in [0.4, 0.5) is 14.5 Å². The molecule has 1 aliphatic heterocycles. The number of nitro benzene ring substituents is 1. The SMILES string of the molecule is O=C1CN=C(c2c(F)ccc([N+](=O)[O-])c2F)N1. The molecule has 0 saturated carbocycles. The zero-order valence-electron chi connectivity index (χ0n) is 8.24. The van der Waals surface area contributed by atoms with Gasteiger partial charge in [-0.1, -0.05) is 0 Å². The monoisotopic (exact) mass is 241 g/mol. The van der Waals surface area contributed by atoms with Crippen LogP contribution in [0.2, 0.25) is 0 Å². The van der Waals surface area contributed by atoms with Gasteiger partial charge in [0.2, 0.25) is 11.7 Å². The first-order valence-corrected chi connectivity index (χ1v) is 4.47. The summed E-state index contributed by atoms with van der Waals surface area (Å²) in [5.41, 5.74) is -1.56. The minimum atomic E-state index is -1.35. The number of amides is 1. The number of halogens is 2. The van der Waals surface area contributed by atoms with E-state index in [0.717, 1.165) is 6.07 Å². The third kappa shape index (κ3) is 1.84. The molecule has 0 spiro atoms. The topological polar surface area (TPSA) is 84.6 Å². The molecule has 1 N–H and O–H groups in total. The second-order valence-corrected chi connectivity index (χ2v) is 3.23. The van der Waals surface area contributed by atoms with Crippen LogP contribution in [-0.2, 0) is 4.79 Å². The molecule has 0 radical (unpaired) electrons. The van der Waals surface area contributed by atoms with E-state index in [0.29, 0.717) is 6.07 Å². The third-order valence-electron chi connectivity index (χ3n) is 2.14. The predicted molar refractivity (Wildman–Crippen MR) is 52.6 cm³/mol. The summed E-state index contributed by atoms with van der Waals surface area (Å²) < 4.78 is 27.0. The summed E-state index contributed by atoms with van der Waals surface area (Å²) in [6.07, 6.45) is 0. The van der Waals surface area contributed by atoms with Crippen LogP contribution in [0.5, 0.6) is 0 Å². The highest BCUT2D eigenvalue weighted by Crippen LogP contribution is 2.23. The van der Waals surface area contributed by atoms with Gasteiger partial charge in [-0.25, -0.2) is 4.39 Å². The average Bonchev–Trinajstić information content (AvgIpc) is 2.64. The fourth-order valence-electron chi connectivity index (χ4n) is 1.40. The maximum Gasteiger partial charge on any atom is 0.305 e. The molecule has 1 aliphatic rings. The van der Waals surface area contributed by atoms with E-state index in [9.17, 15) is 23.7 Å². The van der Waals surface area contributed by atoms with Gasteiger partial charge in [0.25, 0.3) is 0 Å². The molecule has 0 saturated heterocycles. The first kappa shape index (κ1) is 11.1. The van der Waals surface area contributed by atoms with Crippen molar-refractivity contribution in [3.8, 4) is 0 Å². The molecular formula is C9H5F2N3O3. The minimum Gasteiger partial charge on any atom is -0.309 e. The second kappa shape index (κ2) is 3.89. The standard InChI is InChI=1S/C9H5F2N3O3/c10-4-1-2-5(14(16)17)8(11)7(4)9-12-3-6(15)13-9/h1-2H,3H2,(H,12,13,15). The van der Waals surface area contributed by atoms with Gasteiger partial charge < -0.3 is 5.32 Å². The summed E-state index contributed by atoms with van der Waals surface area (Å²) in [6.45, 7) is -0.253. The molecule has 0 bridgehead atoms. The molecular weight excluding hydrogens is 236 g/mol. The zero-order valence-corrected chi connectivity index (χ0v) is 8.24. The number of amidine groups is 1. The van der Waals surface area contributed by atoms with Gasteiger partial charge in [0.15, 0.2) is 0 Å². The highest BCUT2D eigenvalue weighted by molar-refractivity contribution is 6.12. The average molecular weight is 241 g/mol. The number of carbonyl (C=O) groups excluding carboxylic acids is 1. The molecule has 0 aromatic heterocycles. The predicted octanol–water partition coefficient (Wildman–Crippen LogP) is 0.749. The number of nitro groups is 1. The Balaban J connectivity index is 2.57. The molecule has 0 fully saturated rings. The molecule has 1 amide bonds. The Hall–Kier alpha value is -2.38. The number of rotatable bonds is 2. The van der Waals surface area contributed by atoms with Gasteiger partial charge in [0.05, 0.1) is 10.5 Å². The lowest BCUT2D eigenvalue weighted by Gasteiger charge is -2.04. The molecule has 0 aliphatic carbocycles. The van der Waals surface area contributed by atoms with Crippen LogP contribution in [0.25, 0.3) is 0 Å². The van der Waals surface area contributed by atoms with Crippen LogP contribution in [0.15, 0.2) is 17.1 Å². The van der Waals surface area contributed by atoms with E-state index in [1.807, 2.05) is 0 Å². The van der Waals surface area contributed by atoms with Crippen molar-refractivity contribution in [2.24, 2.45) is 4.99 Å². The smallest absolute Gasteiger partial charge is 0.305 e. The van der Waals surface area contributed by atoms with Crippen molar-refractivity contribution in [2.45, 2.75) is 0 Å². The highest BCUT2D eigenvalue weighted by Gasteiger charge is 2.27. The Bertz CT molecular complexity index is 557. The van der Waals surface area contributed by atoms with Gasteiger partial charge >= 0.3 is 5.69 Å². The molecule has 1 aromatic rings. The summed E-state index contributed by atoms with van der Waals surface area (Å²) in [5, 5.41) is 12.6. The Morgan fingerprint density at radius 1 is 1.41 bits per heavy atom. The van der Waals surface area contributed by atoms with Crippen LogP contribution >= 0.6 is 0 Å².